The van der Waals surface area contributed by atoms with Crippen LogP contribution in [0.1, 0.15) is 16.1 Å². The van der Waals surface area contributed by atoms with Gasteiger partial charge in [-0.2, -0.15) is 0 Å². The molecule has 0 aliphatic carbocycles. The van der Waals surface area contributed by atoms with E-state index in [9.17, 15) is 4.79 Å². The standard InChI is InChI=1S/C12H8NO/c14-12(10-6-2-1-3-7-10)11-8-4-5-9-13-11/h2-9H. The molecule has 0 N–H and O–H groups in total. The van der Waals surface area contributed by atoms with Crippen molar-refractivity contribution in [3.63, 3.8) is 0 Å². The largest absolute Gasteiger partial charge is 0.287 e. The maximum Gasteiger partial charge on any atom is 0.211 e. The third kappa shape index (κ3) is 1.69. The van der Waals surface area contributed by atoms with Crippen LogP contribution < -0.4 is 0 Å². The SMILES string of the molecule is O=C(c1cc[c]cc1)c1ccccn1. The molecule has 2 nitrogen and oxygen atoms in total. The zero-order valence-corrected chi connectivity index (χ0v) is 7.47. The summed E-state index contributed by atoms with van der Waals surface area (Å²) >= 11 is 0. The number of pyridine rings is 1. The van der Waals surface area contributed by atoms with Crippen molar-refractivity contribution >= 4 is 5.78 Å². The van der Waals surface area contributed by atoms with Gasteiger partial charge in [0.1, 0.15) is 5.69 Å². The molecule has 2 rings (SSSR count). The molecule has 2 heteroatoms. The van der Waals surface area contributed by atoms with Gasteiger partial charge in [0.15, 0.2) is 0 Å². The third-order valence-electron chi connectivity index (χ3n) is 1.88. The number of benzene rings is 1. The zero-order valence-electron chi connectivity index (χ0n) is 7.47. The molecule has 0 aliphatic heterocycles. The monoisotopic (exact) mass is 182 g/mol. The van der Waals surface area contributed by atoms with Gasteiger partial charge in [0.2, 0.25) is 5.78 Å². The normalized spacial score (nSPS) is 9.71. The molecule has 0 aliphatic rings. The predicted octanol–water partition coefficient (Wildman–Crippen LogP) is 2.11. The smallest absolute Gasteiger partial charge is 0.211 e. The summed E-state index contributed by atoms with van der Waals surface area (Å²) in [7, 11) is 0. The first-order valence-corrected chi connectivity index (χ1v) is 4.30. The molecule has 1 heterocycles. The predicted molar refractivity (Wildman–Crippen MR) is 52.9 cm³/mol. The Labute approximate surface area is 82.2 Å². The van der Waals surface area contributed by atoms with Gasteiger partial charge < -0.3 is 0 Å². The molecule has 67 valence electrons. The molecule has 1 radical (unpaired) electrons. The molecule has 0 fully saturated rings. The van der Waals surface area contributed by atoms with Crippen molar-refractivity contribution in [2.75, 3.05) is 0 Å². The van der Waals surface area contributed by atoms with E-state index in [1.54, 1.807) is 48.7 Å². The Morgan fingerprint density at radius 3 is 2.57 bits per heavy atom. The highest BCUT2D eigenvalue weighted by Crippen LogP contribution is 2.05. The van der Waals surface area contributed by atoms with Gasteiger partial charge in [-0.25, -0.2) is 0 Å². The molecule has 1 aromatic heterocycles. The number of nitrogens with zero attached hydrogens (tertiary/aromatic N) is 1. The first-order chi connectivity index (χ1) is 6.88. The van der Waals surface area contributed by atoms with Gasteiger partial charge in [0, 0.05) is 11.8 Å². The van der Waals surface area contributed by atoms with Crippen molar-refractivity contribution in [3.8, 4) is 0 Å². The molecule has 0 spiro atoms. The van der Waals surface area contributed by atoms with Crippen LogP contribution in [0.25, 0.3) is 0 Å². The Bertz CT molecular complexity index is 381. The summed E-state index contributed by atoms with van der Waals surface area (Å²) in [5.41, 5.74) is 1.11. The molecular weight excluding hydrogens is 174 g/mol. The first-order valence-electron chi connectivity index (χ1n) is 4.30. The fraction of sp³-hybridized carbons (Fsp3) is 0. The Kier molecular flexibility index (Phi) is 2.36. The number of ketones is 1. The molecule has 0 saturated carbocycles. The molecule has 0 saturated heterocycles. The lowest BCUT2D eigenvalue weighted by molar-refractivity contribution is 0.103. The molecule has 2 aromatic rings. The second kappa shape index (κ2) is 3.83. The summed E-state index contributed by atoms with van der Waals surface area (Å²) in [5.74, 6) is -0.0559. The van der Waals surface area contributed by atoms with Gasteiger partial charge in [-0.05, 0) is 18.2 Å². The summed E-state index contributed by atoms with van der Waals surface area (Å²) in [6.07, 6.45) is 1.61. The van der Waals surface area contributed by atoms with Crippen LogP contribution in [0.15, 0.2) is 48.7 Å². The lowest BCUT2D eigenvalue weighted by Crippen LogP contribution is -2.02. The maximum absolute atomic E-state index is 11.8. The van der Waals surface area contributed by atoms with Crippen LogP contribution >= 0.6 is 0 Å². The van der Waals surface area contributed by atoms with E-state index in [4.69, 9.17) is 0 Å². The van der Waals surface area contributed by atoms with Crippen LogP contribution in [0, 0.1) is 6.07 Å². The Balaban J connectivity index is 2.35. The van der Waals surface area contributed by atoms with Gasteiger partial charge in [-0.15, -0.1) is 0 Å². The Hall–Kier alpha value is -1.96. The van der Waals surface area contributed by atoms with E-state index >= 15 is 0 Å². The molecule has 14 heavy (non-hydrogen) atoms. The van der Waals surface area contributed by atoms with Crippen molar-refractivity contribution in [1.82, 2.24) is 4.98 Å². The average molecular weight is 182 g/mol. The Morgan fingerprint density at radius 1 is 1.14 bits per heavy atom. The second-order valence-electron chi connectivity index (χ2n) is 2.83. The minimum atomic E-state index is -0.0559. The molecule has 0 atom stereocenters. The Morgan fingerprint density at radius 2 is 1.93 bits per heavy atom. The van der Waals surface area contributed by atoms with Crippen molar-refractivity contribution < 1.29 is 4.79 Å². The van der Waals surface area contributed by atoms with Gasteiger partial charge in [0.25, 0.3) is 0 Å². The first kappa shape index (κ1) is 8.63. The molecule has 1 aromatic carbocycles. The number of carbonyl (C=O) groups is 1. The van der Waals surface area contributed by atoms with E-state index in [-0.39, 0.29) is 5.78 Å². The third-order valence-corrected chi connectivity index (χ3v) is 1.88. The summed E-state index contributed by atoms with van der Waals surface area (Å²) < 4.78 is 0. The fourth-order valence-corrected chi connectivity index (χ4v) is 1.18. The summed E-state index contributed by atoms with van der Waals surface area (Å²) in [5, 5.41) is 0. The summed E-state index contributed by atoms with van der Waals surface area (Å²) in [4.78, 5) is 15.8. The van der Waals surface area contributed by atoms with E-state index in [2.05, 4.69) is 11.1 Å². The second-order valence-corrected chi connectivity index (χ2v) is 2.83. The topological polar surface area (TPSA) is 30.0 Å². The van der Waals surface area contributed by atoms with E-state index in [0.717, 1.165) is 0 Å². The number of hydrogen-bond donors (Lipinski definition) is 0. The van der Waals surface area contributed by atoms with Gasteiger partial charge in [-0.1, -0.05) is 30.3 Å². The molecule has 0 unspecified atom stereocenters. The van der Waals surface area contributed by atoms with Crippen LogP contribution in [-0.4, -0.2) is 10.8 Å². The zero-order chi connectivity index (χ0) is 9.80. The van der Waals surface area contributed by atoms with E-state index < -0.39 is 0 Å². The number of rotatable bonds is 2. The van der Waals surface area contributed by atoms with Gasteiger partial charge in [-0.3, -0.25) is 9.78 Å². The van der Waals surface area contributed by atoms with Crippen molar-refractivity contribution in [1.29, 1.82) is 0 Å². The van der Waals surface area contributed by atoms with Crippen LogP contribution in [0.5, 0.6) is 0 Å². The van der Waals surface area contributed by atoms with E-state index in [0.29, 0.717) is 11.3 Å². The maximum atomic E-state index is 11.8. The fourth-order valence-electron chi connectivity index (χ4n) is 1.18. The molecular formula is C12H8NO. The molecule has 0 bridgehead atoms. The van der Waals surface area contributed by atoms with E-state index in [1.165, 1.54) is 0 Å². The highest BCUT2D eigenvalue weighted by Gasteiger charge is 2.07. The summed E-state index contributed by atoms with van der Waals surface area (Å²) in [6, 6.07) is 15.1. The average Bonchev–Trinajstić information content (AvgIpc) is 2.30. The van der Waals surface area contributed by atoms with Crippen LogP contribution in [0.4, 0.5) is 0 Å². The van der Waals surface area contributed by atoms with Gasteiger partial charge >= 0.3 is 0 Å². The van der Waals surface area contributed by atoms with E-state index in [1.807, 2.05) is 0 Å². The van der Waals surface area contributed by atoms with Crippen LogP contribution in [-0.2, 0) is 0 Å². The molecule has 0 amide bonds. The minimum absolute atomic E-state index is 0.0559. The number of aromatic nitrogens is 1. The summed E-state index contributed by atoms with van der Waals surface area (Å²) in [6.45, 7) is 0. The van der Waals surface area contributed by atoms with Crippen LogP contribution in [0.3, 0.4) is 0 Å². The highest BCUT2D eigenvalue weighted by atomic mass is 16.1. The van der Waals surface area contributed by atoms with Gasteiger partial charge in [0.05, 0.1) is 0 Å². The lowest BCUT2D eigenvalue weighted by atomic mass is 10.1. The quantitative estimate of drug-likeness (QED) is 0.666. The van der Waals surface area contributed by atoms with Crippen molar-refractivity contribution in [2.45, 2.75) is 0 Å². The number of carbonyl (C=O) groups excluding carboxylic acids is 1. The van der Waals surface area contributed by atoms with Crippen molar-refractivity contribution in [2.24, 2.45) is 0 Å². The van der Waals surface area contributed by atoms with Crippen molar-refractivity contribution in [3.05, 3.63) is 66.0 Å². The highest BCUT2D eigenvalue weighted by molar-refractivity contribution is 6.07. The minimum Gasteiger partial charge on any atom is -0.287 e. The number of hydrogen-bond acceptors (Lipinski definition) is 2. The lowest BCUT2D eigenvalue weighted by Gasteiger charge is -1.98. The van der Waals surface area contributed by atoms with Crippen LogP contribution in [0.2, 0.25) is 0 Å².